The van der Waals surface area contributed by atoms with Crippen LogP contribution in [0.25, 0.3) is 0 Å². The molecule has 110 valence electrons. The lowest BCUT2D eigenvalue weighted by atomic mass is 10.1. The summed E-state index contributed by atoms with van der Waals surface area (Å²) in [6, 6.07) is 4.38. The maximum atomic E-state index is 12.7. The summed E-state index contributed by atoms with van der Waals surface area (Å²) >= 11 is 0. The average molecular weight is 287 g/mol. The molecule has 1 aliphatic heterocycles. The molecule has 0 radical (unpaired) electrons. The van der Waals surface area contributed by atoms with Gasteiger partial charge in [0, 0.05) is 12.1 Å². The van der Waals surface area contributed by atoms with E-state index in [0.29, 0.717) is 13.2 Å². The van der Waals surface area contributed by atoms with E-state index < -0.39 is 17.6 Å². The summed E-state index contributed by atoms with van der Waals surface area (Å²) in [6.45, 7) is 4.43. The van der Waals surface area contributed by atoms with Gasteiger partial charge in [-0.05, 0) is 32.0 Å². The third kappa shape index (κ3) is 3.12. The number of nitrogens with zero attached hydrogens (tertiary/aromatic N) is 1. The van der Waals surface area contributed by atoms with Gasteiger partial charge in [-0.3, -0.25) is 4.79 Å². The highest BCUT2D eigenvalue weighted by Gasteiger charge is 2.33. The number of carbonyl (C=O) groups is 1. The highest BCUT2D eigenvalue weighted by molar-refractivity contribution is 5.94. The largest absolute Gasteiger partial charge is 0.416 e. The minimum absolute atomic E-state index is 0.0563. The van der Waals surface area contributed by atoms with Crippen LogP contribution >= 0.6 is 0 Å². The number of halogens is 3. The Kier molecular flexibility index (Phi) is 4.04. The summed E-state index contributed by atoms with van der Waals surface area (Å²) in [5.41, 5.74) is -0.752. The van der Waals surface area contributed by atoms with Crippen LogP contribution in [0.3, 0.4) is 0 Å². The van der Waals surface area contributed by atoms with Crippen LogP contribution in [0, 0.1) is 0 Å². The maximum absolute atomic E-state index is 12.7. The second-order valence-corrected chi connectivity index (χ2v) is 5.03. The standard InChI is InChI=1S/C14H16F3NO2/c1-9-8-20-10(2)7-18(9)13(19)11-4-3-5-12(6-11)14(15,16)17/h3-6,9-10H,7-8H2,1-2H3/t9-,10+/m0/s1. The van der Waals surface area contributed by atoms with Gasteiger partial charge < -0.3 is 9.64 Å². The zero-order valence-corrected chi connectivity index (χ0v) is 11.3. The molecule has 1 aliphatic rings. The molecule has 0 spiro atoms. The molecule has 0 saturated carbocycles. The summed E-state index contributed by atoms with van der Waals surface area (Å²) in [4.78, 5) is 13.9. The molecule has 3 nitrogen and oxygen atoms in total. The lowest BCUT2D eigenvalue weighted by molar-refractivity contribution is -0.137. The molecule has 20 heavy (non-hydrogen) atoms. The molecule has 2 rings (SSSR count). The first-order valence-corrected chi connectivity index (χ1v) is 6.39. The predicted octanol–water partition coefficient (Wildman–Crippen LogP) is 2.95. The Bertz CT molecular complexity index is 501. The summed E-state index contributed by atoms with van der Waals surface area (Å²) in [6.07, 6.45) is -4.55. The monoisotopic (exact) mass is 287 g/mol. The van der Waals surface area contributed by atoms with Gasteiger partial charge in [-0.15, -0.1) is 0 Å². The molecular weight excluding hydrogens is 271 g/mol. The number of hydrogen-bond acceptors (Lipinski definition) is 2. The lowest BCUT2D eigenvalue weighted by Gasteiger charge is -2.36. The number of rotatable bonds is 1. The molecule has 0 N–H and O–H groups in total. The van der Waals surface area contributed by atoms with E-state index in [-0.39, 0.29) is 17.7 Å². The fourth-order valence-electron chi connectivity index (χ4n) is 2.18. The van der Waals surface area contributed by atoms with E-state index in [9.17, 15) is 18.0 Å². The maximum Gasteiger partial charge on any atom is 0.416 e. The summed E-state index contributed by atoms with van der Waals surface area (Å²) in [5, 5.41) is 0. The first-order chi connectivity index (χ1) is 9.29. The smallest absolute Gasteiger partial charge is 0.375 e. The Morgan fingerprint density at radius 2 is 2.05 bits per heavy atom. The molecule has 0 bridgehead atoms. The molecule has 0 aromatic heterocycles. The molecule has 1 amide bonds. The van der Waals surface area contributed by atoms with Crippen LogP contribution in [0.1, 0.15) is 29.8 Å². The van der Waals surface area contributed by atoms with Crippen molar-refractivity contribution in [3.05, 3.63) is 35.4 Å². The Balaban J connectivity index is 2.24. The van der Waals surface area contributed by atoms with E-state index in [1.54, 1.807) is 4.90 Å². The van der Waals surface area contributed by atoms with Gasteiger partial charge in [0.1, 0.15) is 0 Å². The van der Waals surface area contributed by atoms with Crippen LogP contribution < -0.4 is 0 Å². The highest BCUT2D eigenvalue weighted by Crippen LogP contribution is 2.30. The highest BCUT2D eigenvalue weighted by atomic mass is 19.4. The minimum atomic E-state index is -4.44. The normalized spacial score (nSPS) is 23.8. The molecule has 1 aromatic carbocycles. The van der Waals surface area contributed by atoms with Crippen molar-refractivity contribution in [2.24, 2.45) is 0 Å². The number of ether oxygens (including phenoxy) is 1. The van der Waals surface area contributed by atoms with Crippen molar-refractivity contribution in [3.8, 4) is 0 Å². The Hall–Kier alpha value is -1.56. The fraction of sp³-hybridized carbons (Fsp3) is 0.500. The number of morpholine rings is 1. The van der Waals surface area contributed by atoms with Crippen molar-refractivity contribution >= 4 is 5.91 Å². The number of alkyl halides is 3. The van der Waals surface area contributed by atoms with E-state index in [0.717, 1.165) is 12.1 Å². The number of amides is 1. The molecule has 6 heteroatoms. The zero-order valence-electron chi connectivity index (χ0n) is 11.3. The van der Waals surface area contributed by atoms with E-state index in [1.807, 2.05) is 13.8 Å². The van der Waals surface area contributed by atoms with Gasteiger partial charge in [0.2, 0.25) is 0 Å². The molecule has 1 heterocycles. The zero-order chi connectivity index (χ0) is 14.9. The van der Waals surface area contributed by atoms with Crippen LogP contribution in [0.5, 0.6) is 0 Å². The van der Waals surface area contributed by atoms with Crippen molar-refractivity contribution in [2.45, 2.75) is 32.2 Å². The predicted molar refractivity (Wildman–Crippen MR) is 67.4 cm³/mol. The summed E-state index contributed by atoms with van der Waals surface area (Å²) < 4.78 is 43.4. The number of benzene rings is 1. The molecule has 0 unspecified atom stereocenters. The average Bonchev–Trinajstić information content (AvgIpc) is 2.40. The van der Waals surface area contributed by atoms with E-state index in [4.69, 9.17) is 4.74 Å². The fourth-order valence-corrected chi connectivity index (χ4v) is 2.18. The Morgan fingerprint density at radius 1 is 1.35 bits per heavy atom. The van der Waals surface area contributed by atoms with Crippen molar-refractivity contribution in [3.63, 3.8) is 0 Å². The Labute approximate surface area is 115 Å². The van der Waals surface area contributed by atoms with Gasteiger partial charge in [-0.2, -0.15) is 13.2 Å². The SMILES string of the molecule is C[C@@H]1CN(C(=O)c2cccc(C(F)(F)F)c2)[C@@H](C)CO1. The second-order valence-electron chi connectivity index (χ2n) is 5.03. The second kappa shape index (κ2) is 5.44. The molecule has 2 atom stereocenters. The van der Waals surface area contributed by atoms with Crippen molar-refractivity contribution in [1.29, 1.82) is 0 Å². The molecular formula is C14H16F3NO2. The Morgan fingerprint density at radius 3 is 2.70 bits per heavy atom. The third-order valence-electron chi connectivity index (χ3n) is 3.31. The van der Waals surface area contributed by atoms with Gasteiger partial charge in [0.05, 0.1) is 24.3 Å². The van der Waals surface area contributed by atoms with Gasteiger partial charge in [0.25, 0.3) is 5.91 Å². The lowest BCUT2D eigenvalue weighted by Crippen LogP contribution is -2.50. The van der Waals surface area contributed by atoms with Gasteiger partial charge in [-0.1, -0.05) is 6.07 Å². The van der Waals surface area contributed by atoms with Crippen molar-refractivity contribution in [2.75, 3.05) is 13.2 Å². The van der Waals surface area contributed by atoms with Gasteiger partial charge in [-0.25, -0.2) is 0 Å². The minimum Gasteiger partial charge on any atom is -0.375 e. The summed E-state index contributed by atoms with van der Waals surface area (Å²) in [7, 11) is 0. The number of carbonyl (C=O) groups excluding carboxylic acids is 1. The van der Waals surface area contributed by atoms with Gasteiger partial charge >= 0.3 is 6.18 Å². The van der Waals surface area contributed by atoms with Crippen LogP contribution in [-0.2, 0) is 10.9 Å². The van der Waals surface area contributed by atoms with Crippen LogP contribution in [0.2, 0.25) is 0 Å². The van der Waals surface area contributed by atoms with E-state index in [2.05, 4.69) is 0 Å². The number of hydrogen-bond donors (Lipinski definition) is 0. The topological polar surface area (TPSA) is 29.5 Å². The quantitative estimate of drug-likeness (QED) is 0.794. The van der Waals surface area contributed by atoms with Crippen LogP contribution in [0.15, 0.2) is 24.3 Å². The molecule has 1 aromatic rings. The molecule has 1 fully saturated rings. The van der Waals surface area contributed by atoms with E-state index in [1.165, 1.54) is 12.1 Å². The first-order valence-electron chi connectivity index (χ1n) is 6.39. The first kappa shape index (κ1) is 14.8. The molecule has 0 aliphatic carbocycles. The van der Waals surface area contributed by atoms with E-state index >= 15 is 0 Å². The molecule has 1 saturated heterocycles. The van der Waals surface area contributed by atoms with Crippen molar-refractivity contribution < 1.29 is 22.7 Å². The van der Waals surface area contributed by atoms with Gasteiger partial charge in [0.15, 0.2) is 0 Å². The van der Waals surface area contributed by atoms with Crippen LogP contribution in [-0.4, -0.2) is 36.1 Å². The van der Waals surface area contributed by atoms with Crippen LogP contribution in [0.4, 0.5) is 13.2 Å². The third-order valence-corrected chi connectivity index (χ3v) is 3.31. The van der Waals surface area contributed by atoms with Crippen molar-refractivity contribution in [1.82, 2.24) is 4.90 Å². The summed E-state index contributed by atoms with van der Waals surface area (Å²) in [5.74, 6) is -0.390.